The van der Waals surface area contributed by atoms with Gasteiger partial charge in [-0.05, 0) is 31.5 Å². The molecule has 0 aliphatic carbocycles. The Kier molecular flexibility index (Phi) is 13.1. The minimum Gasteiger partial charge on any atom is -0.731 e. The molecule has 0 spiro atoms. The van der Waals surface area contributed by atoms with Crippen molar-refractivity contribution in [3.05, 3.63) is 51.0 Å². The predicted molar refractivity (Wildman–Crippen MR) is 150 cm³/mol. The van der Waals surface area contributed by atoms with E-state index in [9.17, 15) is 47.1 Å². The zero-order chi connectivity index (χ0) is 33.7. The summed E-state index contributed by atoms with van der Waals surface area (Å²) in [6, 6.07) is 1.24. The molecule has 1 aliphatic rings. The minimum absolute atomic E-state index is 0. The molecule has 23 heteroatoms. The second kappa shape index (κ2) is 15.7. The van der Waals surface area contributed by atoms with Crippen molar-refractivity contribution in [2.24, 2.45) is 5.16 Å². The van der Waals surface area contributed by atoms with E-state index in [0.29, 0.717) is 5.56 Å². The van der Waals surface area contributed by atoms with Gasteiger partial charge in [-0.2, -0.15) is 0 Å². The van der Waals surface area contributed by atoms with Crippen LogP contribution in [0.25, 0.3) is 0 Å². The van der Waals surface area contributed by atoms with Gasteiger partial charge in [0.2, 0.25) is 11.5 Å². The number of rotatable bonds is 13. The Labute approximate surface area is 290 Å². The average molecular weight is 713 g/mol. The standard InChI is InChI=1S/C23H23ClN6O13S2.Na/c1-23(2,21(35)42-9-11-4-6-12(7-5-11)30(36)37)43-28-15(13-10-44-22(25-13)26-14(31)8-24)18(32)27-16-17(20(34)41-3)29(19(16)33)45(38,39)40;/h4-7,10,16-17H,8-9H2,1-3H3,(H,27,32)(H,25,26,31)(H,38,39,40);/q;+1/p-1/t16-,17-;/m0./s1. The van der Waals surface area contributed by atoms with E-state index in [1.165, 1.54) is 43.5 Å². The number of hydrogen-bond donors (Lipinski definition) is 2. The first-order valence-corrected chi connectivity index (χ1v) is 14.9. The molecule has 0 unspecified atom stereocenters. The van der Waals surface area contributed by atoms with E-state index in [0.717, 1.165) is 18.4 Å². The number of nitrogens with one attached hydrogen (secondary N) is 2. The molecule has 2 N–H and O–H groups in total. The molecule has 1 saturated heterocycles. The van der Waals surface area contributed by atoms with E-state index in [1.54, 1.807) is 0 Å². The largest absolute Gasteiger partial charge is 1.00 e. The van der Waals surface area contributed by atoms with Crippen LogP contribution in [0.1, 0.15) is 25.1 Å². The Bertz CT molecular complexity index is 1670. The predicted octanol–water partition coefficient (Wildman–Crippen LogP) is -3.20. The molecule has 2 heterocycles. The first-order chi connectivity index (χ1) is 21.0. The number of halogens is 1. The molecule has 2 aromatic rings. The van der Waals surface area contributed by atoms with E-state index < -0.39 is 74.2 Å². The molecule has 46 heavy (non-hydrogen) atoms. The van der Waals surface area contributed by atoms with Crippen LogP contribution in [0.15, 0.2) is 34.8 Å². The topological polar surface area (TPSA) is 266 Å². The number of hydrogen-bond acceptors (Lipinski definition) is 16. The summed E-state index contributed by atoms with van der Waals surface area (Å²) < 4.78 is 43.8. The van der Waals surface area contributed by atoms with Crippen LogP contribution in [-0.4, -0.2) is 93.2 Å². The number of benzene rings is 1. The SMILES string of the molecule is COC(=O)[C@@H]1[C@H](NC(=O)C(=NOC(C)(C)C(=O)OCc2ccc([N+](=O)[O-])cc2)c2csc(NC(=O)CCl)n2)C(=O)N1S(=O)(=O)[O-].[Na+]. The number of carbonyl (C=O) groups excluding carboxylic acids is 5. The first kappa shape index (κ1) is 38.5. The molecule has 1 aliphatic heterocycles. The number of carbonyl (C=O) groups is 5. The summed E-state index contributed by atoms with van der Waals surface area (Å²) in [5.41, 5.74) is -2.64. The third-order valence-electron chi connectivity index (χ3n) is 5.73. The number of methoxy groups -OCH3 is 1. The number of alkyl halides is 1. The number of amides is 3. The van der Waals surface area contributed by atoms with Crippen LogP contribution in [0, 0.1) is 10.1 Å². The molecule has 1 fully saturated rings. The third kappa shape index (κ3) is 9.18. The average Bonchev–Trinajstić information content (AvgIpc) is 3.43. The van der Waals surface area contributed by atoms with Crippen LogP contribution < -0.4 is 40.2 Å². The first-order valence-electron chi connectivity index (χ1n) is 12.2. The summed E-state index contributed by atoms with van der Waals surface area (Å²) in [4.78, 5) is 81.8. The minimum atomic E-state index is -5.46. The maximum absolute atomic E-state index is 13.3. The quantitative estimate of drug-likeness (QED) is 0.0303. The Balaban J connectivity index is 0.00000736. The number of esters is 2. The van der Waals surface area contributed by atoms with Gasteiger partial charge in [-0.15, -0.1) is 22.9 Å². The van der Waals surface area contributed by atoms with E-state index in [-0.39, 0.29) is 57.0 Å². The summed E-state index contributed by atoms with van der Waals surface area (Å²) in [6.45, 7) is 2.13. The molecular formula is C23H22ClN6NaO13S2. The van der Waals surface area contributed by atoms with Gasteiger partial charge in [-0.25, -0.2) is 27.3 Å². The maximum atomic E-state index is 13.3. The molecule has 2 atom stereocenters. The van der Waals surface area contributed by atoms with E-state index in [4.69, 9.17) is 21.2 Å². The van der Waals surface area contributed by atoms with Gasteiger partial charge < -0.3 is 29.5 Å². The van der Waals surface area contributed by atoms with Crippen LogP contribution in [0.5, 0.6) is 0 Å². The molecule has 0 radical (unpaired) electrons. The van der Waals surface area contributed by atoms with Crippen LogP contribution in [0.2, 0.25) is 0 Å². The van der Waals surface area contributed by atoms with Gasteiger partial charge in [0.15, 0.2) is 27.2 Å². The summed E-state index contributed by atoms with van der Waals surface area (Å²) in [5.74, 6) is -6.11. The number of aromatic nitrogens is 1. The normalized spacial score (nSPS) is 16.3. The number of non-ortho nitro benzene ring substituents is 1. The van der Waals surface area contributed by atoms with Crippen LogP contribution in [0.4, 0.5) is 10.8 Å². The number of nitro groups is 1. The maximum Gasteiger partial charge on any atom is 1.00 e. The molecule has 242 valence electrons. The van der Waals surface area contributed by atoms with Crippen molar-refractivity contribution in [3.63, 3.8) is 0 Å². The van der Waals surface area contributed by atoms with E-state index >= 15 is 0 Å². The number of β-lactam (4-membered cyclic amide) rings is 1. The van der Waals surface area contributed by atoms with Gasteiger partial charge in [-0.3, -0.25) is 24.5 Å². The van der Waals surface area contributed by atoms with Crippen molar-refractivity contribution < 1.29 is 85.7 Å². The van der Waals surface area contributed by atoms with Gasteiger partial charge in [0.25, 0.3) is 17.5 Å². The smallest absolute Gasteiger partial charge is 0.731 e. The van der Waals surface area contributed by atoms with Crippen LogP contribution >= 0.6 is 22.9 Å². The zero-order valence-corrected chi connectivity index (χ0v) is 28.6. The number of anilines is 1. The Morgan fingerprint density at radius 2 is 1.85 bits per heavy atom. The Hall–Kier alpha value is -3.73. The van der Waals surface area contributed by atoms with E-state index in [2.05, 4.69) is 25.5 Å². The third-order valence-corrected chi connectivity index (χ3v) is 7.61. The molecule has 0 bridgehead atoms. The molecule has 1 aromatic carbocycles. The van der Waals surface area contributed by atoms with Crippen LogP contribution in [-0.2, 0) is 55.2 Å². The van der Waals surface area contributed by atoms with Crippen molar-refractivity contribution in [2.45, 2.75) is 38.1 Å². The Morgan fingerprint density at radius 1 is 1.22 bits per heavy atom. The number of oxime groups is 1. The second-order valence-corrected chi connectivity index (χ2v) is 11.6. The summed E-state index contributed by atoms with van der Waals surface area (Å²) in [5, 5.41) is 20.1. The van der Waals surface area contributed by atoms with Crippen molar-refractivity contribution in [1.29, 1.82) is 0 Å². The fraction of sp³-hybridized carbons (Fsp3) is 0.348. The van der Waals surface area contributed by atoms with Crippen molar-refractivity contribution in [2.75, 3.05) is 18.3 Å². The summed E-state index contributed by atoms with van der Waals surface area (Å²) >= 11 is 6.29. The molecule has 3 rings (SSSR count). The van der Waals surface area contributed by atoms with Crippen molar-refractivity contribution >= 4 is 79.4 Å². The zero-order valence-electron chi connectivity index (χ0n) is 24.2. The molecule has 3 amide bonds. The van der Waals surface area contributed by atoms with Crippen LogP contribution in [0.3, 0.4) is 0 Å². The van der Waals surface area contributed by atoms with Gasteiger partial charge in [0.05, 0.1) is 12.0 Å². The molecule has 19 nitrogen and oxygen atoms in total. The monoisotopic (exact) mass is 712 g/mol. The fourth-order valence-electron chi connectivity index (χ4n) is 3.45. The Morgan fingerprint density at radius 3 is 2.39 bits per heavy atom. The van der Waals surface area contributed by atoms with Gasteiger partial charge >= 0.3 is 41.5 Å². The van der Waals surface area contributed by atoms with Gasteiger partial charge in [-0.1, -0.05) is 5.16 Å². The number of nitro benzene ring substituents is 1. The number of nitrogens with zero attached hydrogens (tertiary/aromatic N) is 4. The number of thiazole rings is 1. The van der Waals surface area contributed by atoms with E-state index in [1.807, 2.05) is 0 Å². The summed E-state index contributed by atoms with van der Waals surface area (Å²) in [6.07, 6.45) is 0. The second-order valence-electron chi connectivity index (χ2n) is 9.27. The summed E-state index contributed by atoms with van der Waals surface area (Å²) in [7, 11) is -4.60. The molecule has 0 saturated carbocycles. The molecule has 1 aromatic heterocycles. The fourth-order valence-corrected chi connectivity index (χ4v) is 5.04. The van der Waals surface area contributed by atoms with Gasteiger partial charge in [0, 0.05) is 17.5 Å². The van der Waals surface area contributed by atoms with Crippen molar-refractivity contribution in [1.82, 2.24) is 14.6 Å². The molecular weight excluding hydrogens is 691 g/mol. The number of ether oxygens (including phenoxy) is 2. The van der Waals surface area contributed by atoms with Gasteiger partial charge in [0.1, 0.15) is 24.2 Å². The van der Waals surface area contributed by atoms with Crippen molar-refractivity contribution in [3.8, 4) is 0 Å².